The first-order chi connectivity index (χ1) is 6.35. The van der Waals surface area contributed by atoms with Crippen LogP contribution < -0.4 is 10.1 Å². The second-order valence-corrected chi connectivity index (χ2v) is 3.44. The van der Waals surface area contributed by atoms with Crippen molar-refractivity contribution < 1.29 is 4.74 Å². The molecule has 13 heavy (non-hydrogen) atoms. The minimum absolute atomic E-state index is 0.681. The van der Waals surface area contributed by atoms with Gasteiger partial charge in [0.15, 0.2) is 0 Å². The fourth-order valence-corrected chi connectivity index (χ4v) is 1.88. The molecular weight excluding hydrogens is 162 g/mol. The van der Waals surface area contributed by atoms with Crippen LogP contribution in [-0.2, 0) is 0 Å². The third kappa shape index (κ3) is 1.37. The maximum atomic E-state index is 5.17. The standard InChI is InChI=1S/C11H15NO/c1-3-8-7-12-11-6-9(13-2)4-5-10(8)11/h4-6,8,12H,3,7H2,1-2H3. The van der Waals surface area contributed by atoms with Crippen LogP contribution in [-0.4, -0.2) is 13.7 Å². The summed E-state index contributed by atoms with van der Waals surface area (Å²) in [5, 5.41) is 3.40. The summed E-state index contributed by atoms with van der Waals surface area (Å²) in [5.74, 6) is 1.61. The number of methoxy groups -OCH3 is 1. The van der Waals surface area contributed by atoms with Crippen molar-refractivity contribution in [2.24, 2.45) is 0 Å². The highest BCUT2D eigenvalue weighted by Crippen LogP contribution is 2.35. The summed E-state index contributed by atoms with van der Waals surface area (Å²) in [6, 6.07) is 6.28. The maximum absolute atomic E-state index is 5.17. The fourth-order valence-electron chi connectivity index (χ4n) is 1.88. The molecular formula is C11H15NO. The van der Waals surface area contributed by atoms with Gasteiger partial charge in [-0.15, -0.1) is 0 Å². The molecule has 0 saturated carbocycles. The van der Waals surface area contributed by atoms with E-state index >= 15 is 0 Å². The number of ether oxygens (including phenoxy) is 1. The van der Waals surface area contributed by atoms with Crippen molar-refractivity contribution in [3.05, 3.63) is 23.8 Å². The average Bonchev–Trinajstić information content (AvgIpc) is 2.59. The van der Waals surface area contributed by atoms with Gasteiger partial charge in [-0.05, 0) is 18.1 Å². The molecule has 2 rings (SSSR count). The number of fused-ring (bicyclic) bond motifs is 1. The molecule has 0 fully saturated rings. The second-order valence-electron chi connectivity index (χ2n) is 3.44. The molecule has 0 aliphatic carbocycles. The Morgan fingerprint density at radius 3 is 3.08 bits per heavy atom. The van der Waals surface area contributed by atoms with Crippen LogP contribution >= 0.6 is 0 Å². The van der Waals surface area contributed by atoms with Gasteiger partial charge in [-0.25, -0.2) is 0 Å². The highest BCUT2D eigenvalue weighted by Gasteiger charge is 2.20. The number of nitrogens with one attached hydrogen (secondary N) is 1. The molecule has 0 radical (unpaired) electrons. The molecule has 1 aromatic carbocycles. The first-order valence-corrected chi connectivity index (χ1v) is 4.77. The van der Waals surface area contributed by atoms with E-state index in [-0.39, 0.29) is 0 Å². The van der Waals surface area contributed by atoms with Crippen molar-refractivity contribution in [1.82, 2.24) is 0 Å². The summed E-state index contributed by atoms with van der Waals surface area (Å²) in [4.78, 5) is 0. The molecule has 1 aliphatic rings. The molecule has 1 unspecified atom stereocenters. The Balaban J connectivity index is 2.34. The molecule has 1 atom stereocenters. The predicted octanol–water partition coefficient (Wildman–Crippen LogP) is 2.61. The summed E-state index contributed by atoms with van der Waals surface area (Å²) in [7, 11) is 1.70. The maximum Gasteiger partial charge on any atom is 0.120 e. The first-order valence-electron chi connectivity index (χ1n) is 4.77. The fraction of sp³-hybridized carbons (Fsp3) is 0.455. The van der Waals surface area contributed by atoms with Gasteiger partial charge in [0, 0.05) is 24.2 Å². The minimum Gasteiger partial charge on any atom is -0.497 e. The van der Waals surface area contributed by atoms with Crippen molar-refractivity contribution >= 4 is 5.69 Å². The normalized spacial score (nSPS) is 19.4. The number of benzene rings is 1. The van der Waals surface area contributed by atoms with Crippen LogP contribution in [0.5, 0.6) is 5.75 Å². The number of hydrogen-bond donors (Lipinski definition) is 1. The van der Waals surface area contributed by atoms with Crippen LogP contribution in [0.3, 0.4) is 0 Å². The summed E-state index contributed by atoms with van der Waals surface area (Å²) in [6.45, 7) is 3.30. The summed E-state index contributed by atoms with van der Waals surface area (Å²) >= 11 is 0. The molecule has 0 saturated heterocycles. The van der Waals surface area contributed by atoms with E-state index < -0.39 is 0 Å². The Kier molecular flexibility index (Phi) is 2.13. The number of rotatable bonds is 2. The van der Waals surface area contributed by atoms with Gasteiger partial charge in [0.1, 0.15) is 5.75 Å². The topological polar surface area (TPSA) is 21.3 Å². The van der Waals surface area contributed by atoms with Crippen LogP contribution in [0, 0.1) is 0 Å². The second kappa shape index (κ2) is 3.29. The van der Waals surface area contributed by atoms with Crippen molar-refractivity contribution in [3.8, 4) is 5.75 Å². The first kappa shape index (κ1) is 8.42. The van der Waals surface area contributed by atoms with E-state index in [1.807, 2.05) is 6.07 Å². The van der Waals surface area contributed by atoms with Crippen LogP contribution in [0.25, 0.3) is 0 Å². The summed E-state index contributed by atoms with van der Waals surface area (Å²) in [5.41, 5.74) is 2.68. The Hall–Kier alpha value is -1.18. The van der Waals surface area contributed by atoms with Crippen LogP contribution in [0.4, 0.5) is 5.69 Å². The molecule has 2 nitrogen and oxygen atoms in total. The average molecular weight is 177 g/mol. The van der Waals surface area contributed by atoms with E-state index in [1.54, 1.807) is 7.11 Å². The van der Waals surface area contributed by atoms with Gasteiger partial charge in [0.05, 0.1) is 7.11 Å². The smallest absolute Gasteiger partial charge is 0.120 e. The zero-order chi connectivity index (χ0) is 9.26. The Labute approximate surface area is 78.9 Å². The lowest BCUT2D eigenvalue weighted by molar-refractivity contribution is 0.415. The van der Waals surface area contributed by atoms with Gasteiger partial charge >= 0.3 is 0 Å². The highest BCUT2D eigenvalue weighted by molar-refractivity contribution is 5.60. The molecule has 1 aliphatic heterocycles. The van der Waals surface area contributed by atoms with Gasteiger partial charge < -0.3 is 10.1 Å². The van der Waals surface area contributed by atoms with E-state index in [9.17, 15) is 0 Å². The molecule has 2 heteroatoms. The van der Waals surface area contributed by atoms with Gasteiger partial charge in [0.2, 0.25) is 0 Å². The highest BCUT2D eigenvalue weighted by atomic mass is 16.5. The van der Waals surface area contributed by atoms with Crippen molar-refractivity contribution in [3.63, 3.8) is 0 Å². The van der Waals surface area contributed by atoms with Crippen LogP contribution in [0.1, 0.15) is 24.8 Å². The third-order valence-electron chi connectivity index (χ3n) is 2.73. The quantitative estimate of drug-likeness (QED) is 0.749. The molecule has 0 amide bonds. The lowest BCUT2D eigenvalue weighted by Gasteiger charge is -2.06. The number of hydrogen-bond acceptors (Lipinski definition) is 2. The van der Waals surface area contributed by atoms with Crippen molar-refractivity contribution in [2.45, 2.75) is 19.3 Å². The molecule has 0 spiro atoms. The zero-order valence-corrected chi connectivity index (χ0v) is 8.13. The van der Waals surface area contributed by atoms with Gasteiger partial charge in [-0.1, -0.05) is 13.0 Å². The van der Waals surface area contributed by atoms with Crippen LogP contribution in [0.2, 0.25) is 0 Å². The van der Waals surface area contributed by atoms with Crippen LogP contribution in [0.15, 0.2) is 18.2 Å². The van der Waals surface area contributed by atoms with E-state index in [2.05, 4.69) is 24.4 Å². The van der Waals surface area contributed by atoms with Crippen molar-refractivity contribution in [2.75, 3.05) is 19.0 Å². The van der Waals surface area contributed by atoms with E-state index in [0.29, 0.717) is 5.92 Å². The Morgan fingerprint density at radius 2 is 2.38 bits per heavy atom. The monoisotopic (exact) mass is 177 g/mol. The number of anilines is 1. The SMILES string of the molecule is CCC1CNc2cc(OC)ccc21. The molecule has 1 aromatic rings. The summed E-state index contributed by atoms with van der Waals surface area (Å²) < 4.78 is 5.17. The van der Waals surface area contributed by atoms with E-state index in [1.165, 1.54) is 17.7 Å². The zero-order valence-electron chi connectivity index (χ0n) is 8.13. The van der Waals surface area contributed by atoms with Gasteiger partial charge in [0.25, 0.3) is 0 Å². The Bertz CT molecular complexity index is 309. The lowest BCUT2D eigenvalue weighted by atomic mass is 9.99. The largest absolute Gasteiger partial charge is 0.497 e. The van der Waals surface area contributed by atoms with Gasteiger partial charge in [-0.2, -0.15) is 0 Å². The third-order valence-corrected chi connectivity index (χ3v) is 2.73. The molecule has 1 heterocycles. The van der Waals surface area contributed by atoms with E-state index in [0.717, 1.165) is 12.3 Å². The predicted molar refractivity (Wildman–Crippen MR) is 54.5 cm³/mol. The minimum atomic E-state index is 0.681. The molecule has 0 bridgehead atoms. The van der Waals surface area contributed by atoms with Crippen molar-refractivity contribution in [1.29, 1.82) is 0 Å². The van der Waals surface area contributed by atoms with E-state index in [4.69, 9.17) is 4.74 Å². The molecule has 1 N–H and O–H groups in total. The molecule has 70 valence electrons. The molecule has 0 aromatic heterocycles. The lowest BCUT2D eigenvalue weighted by Crippen LogP contribution is -1.99. The summed E-state index contributed by atoms with van der Waals surface area (Å²) in [6.07, 6.45) is 1.20. The Morgan fingerprint density at radius 1 is 1.54 bits per heavy atom. The van der Waals surface area contributed by atoms with Gasteiger partial charge in [-0.3, -0.25) is 0 Å².